The second kappa shape index (κ2) is 40.2. The van der Waals surface area contributed by atoms with Crippen LogP contribution in [-0.4, -0.2) is 152 Å². The third-order valence-electron chi connectivity index (χ3n) is 12.1. The average Bonchev–Trinajstić information content (AvgIpc) is 3.30. The Morgan fingerprint density at radius 1 is 0.557 bits per heavy atom. The standard InChI is InChI=1S/C49H98N2O17P2/c1-6-8-10-12-14-16-18-20-22-24-26-28-30-32-44(52)61-38-42(67-45(53)33-31-29-27-25-23-21-19-17-15-13-11-9-7-2)39-62-49-48(56)47(55)46(54)43(68-49)40-66-70(59,60)65-37-41(50)36-64-69(57,58)63-35-34-51(3,4)5/h41-43,46-49,54-56H,6-40,50H2,1-5H3,(H-,57,58,59,60)/p+1/t41?,42-,43-,46-,47+,48-,49+/m1/s1. The molecule has 1 saturated heterocycles. The van der Waals surface area contributed by atoms with E-state index >= 15 is 0 Å². The van der Waals surface area contributed by atoms with Gasteiger partial charge in [0, 0.05) is 12.8 Å². The second-order valence-corrected chi connectivity index (χ2v) is 23.0. The molecule has 3 unspecified atom stereocenters. The molecule has 0 aliphatic carbocycles. The zero-order chi connectivity index (χ0) is 52.1. The topological polar surface area (TPSA) is 269 Å². The van der Waals surface area contributed by atoms with Crippen molar-refractivity contribution in [1.82, 2.24) is 0 Å². The number of phosphoric ester groups is 2. The molecule has 0 spiro atoms. The first-order chi connectivity index (χ1) is 33.3. The van der Waals surface area contributed by atoms with Gasteiger partial charge < -0.3 is 54.3 Å². The van der Waals surface area contributed by atoms with Crippen molar-refractivity contribution in [1.29, 1.82) is 0 Å². The molecule has 70 heavy (non-hydrogen) atoms. The van der Waals surface area contributed by atoms with Crippen LogP contribution in [0.3, 0.4) is 0 Å². The van der Waals surface area contributed by atoms with Gasteiger partial charge in [0.25, 0.3) is 0 Å². The lowest BCUT2D eigenvalue weighted by atomic mass is 9.99. The van der Waals surface area contributed by atoms with Crippen LogP contribution >= 0.6 is 15.6 Å². The Hall–Kier alpha value is -1.12. The number of carbonyl (C=O) groups excluding carboxylic acids is 2. The molecule has 1 fully saturated rings. The number of unbranched alkanes of at least 4 members (excludes halogenated alkanes) is 24. The maximum atomic E-state index is 13.0. The normalized spacial score (nSPS) is 21.2. The summed E-state index contributed by atoms with van der Waals surface area (Å²) in [6, 6.07) is -1.16. The van der Waals surface area contributed by atoms with Gasteiger partial charge in [-0.15, -0.1) is 0 Å². The first-order valence-electron chi connectivity index (χ1n) is 26.7. The minimum absolute atomic E-state index is 0.0714. The van der Waals surface area contributed by atoms with Gasteiger partial charge >= 0.3 is 27.6 Å². The van der Waals surface area contributed by atoms with E-state index in [9.17, 15) is 43.8 Å². The molecule has 1 rings (SSSR count). The molecule has 0 aromatic carbocycles. The second-order valence-electron chi connectivity index (χ2n) is 20.1. The zero-order valence-electron chi connectivity index (χ0n) is 43.8. The van der Waals surface area contributed by atoms with E-state index in [1.807, 2.05) is 21.1 Å². The lowest BCUT2D eigenvalue weighted by Gasteiger charge is -2.40. The van der Waals surface area contributed by atoms with E-state index < -0.39 is 96.9 Å². The summed E-state index contributed by atoms with van der Waals surface area (Å²) in [5.74, 6) is -0.974. The van der Waals surface area contributed by atoms with Crippen molar-refractivity contribution in [3.8, 4) is 0 Å². The first-order valence-corrected chi connectivity index (χ1v) is 29.7. The number of hydrogen-bond donors (Lipinski definition) is 6. The van der Waals surface area contributed by atoms with Crippen molar-refractivity contribution >= 4 is 27.6 Å². The molecule has 1 aliphatic rings. The van der Waals surface area contributed by atoms with Crippen molar-refractivity contribution < 1.29 is 85.4 Å². The van der Waals surface area contributed by atoms with Crippen LogP contribution in [0.4, 0.5) is 0 Å². The lowest BCUT2D eigenvalue weighted by molar-refractivity contribution is -0.870. The van der Waals surface area contributed by atoms with Crippen LogP contribution < -0.4 is 5.73 Å². The lowest BCUT2D eigenvalue weighted by Crippen LogP contribution is -2.59. The van der Waals surface area contributed by atoms with Crippen LogP contribution in [0.5, 0.6) is 0 Å². The predicted molar refractivity (Wildman–Crippen MR) is 268 cm³/mol. The molecule has 416 valence electrons. The van der Waals surface area contributed by atoms with E-state index in [0.717, 1.165) is 38.5 Å². The fourth-order valence-electron chi connectivity index (χ4n) is 7.69. The Morgan fingerprint density at radius 3 is 1.41 bits per heavy atom. The Kier molecular flexibility index (Phi) is 38.4. The van der Waals surface area contributed by atoms with Gasteiger partial charge in [0.1, 0.15) is 44.2 Å². The van der Waals surface area contributed by atoms with Crippen molar-refractivity contribution in [2.24, 2.45) is 5.73 Å². The molecule has 0 aromatic rings. The van der Waals surface area contributed by atoms with Crippen molar-refractivity contribution in [2.75, 3.05) is 67.3 Å². The molecule has 7 N–H and O–H groups in total. The monoisotopic (exact) mass is 1050 g/mol. The number of aliphatic hydroxyl groups is 3. The number of esters is 2. The fraction of sp³-hybridized carbons (Fsp3) is 0.959. The summed E-state index contributed by atoms with van der Waals surface area (Å²) < 4.78 is 67.5. The molecule has 1 heterocycles. The Morgan fingerprint density at radius 2 is 0.971 bits per heavy atom. The summed E-state index contributed by atoms with van der Waals surface area (Å²) in [5, 5.41) is 32.0. The van der Waals surface area contributed by atoms with E-state index in [0.29, 0.717) is 23.9 Å². The van der Waals surface area contributed by atoms with Crippen LogP contribution in [0.1, 0.15) is 194 Å². The molecule has 1 aliphatic heterocycles. The van der Waals surface area contributed by atoms with Gasteiger partial charge in [0.15, 0.2) is 12.4 Å². The number of hydrogen-bond acceptors (Lipinski definition) is 16. The molecule has 0 aromatic heterocycles. The quantitative estimate of drug-likeness (QED) is 0.0144. The van der Waals surface area contributed by atoms with Crippen LogP contribution in [0.15, 0.2) is 0 Å². The van der Waals surface area contributed by atoms with E-state index in [1.165, 1.54) is 116 Å². The number of nitrogens with zero attached hydrogens (tertiary/aromatic N) is 1. The van der Waals surface area contributed by atoms with Gasteiger partial charge in [-0.25, -0.2) is 9.13 Å². The van der Waals surface area contributed by atoms with Crippen molar-refractivity contribution in [3.05, 3.63) is 0 Å². The SMILES string of the molecule is CCCCCCCCCCCCCCCC(=O)OC[C@H](CO[C@H]1O[C@H](COP(=O)(O)OCC(N)COP(=O)(O)OCC[N+](C)(C)C)[C@@H](O)[C@H](O)[C@H]1O)OC(=O)CCCCCCCCCCCCCCC. The summed E-state index contributed by atoms with van der Waals surface area (Å²) in [6.45, 7) is 1.98. The third-order valence-corrected chi connectivity index (χ3v) is 14.1. The van der Waals surface area contributed by atoms with E-state index in [4.69, 9.17) is 42.8 Å². The van der Waals surface area contributed by atoms with E-state index in [-0.39, 0.29) is 26.1 Å². The molecule has 19 nitrogen and oxygen atoms in total. The van der Waals surface area contributed by atoms with Gasteiger partial charge in [-0.1, -0.05) is 168 Å². The number of quaternary nitrogens is 1. The number of ether oxygens (including phenoxy) is 4. The van der Waals surface area contributed by atoms with Gasteiger partial charge in [0.2, 0.25) is 0 Å². The van der Waals surface area contributed by atoms with E-state index in [1.54, 1.807) is 0 Å². The highest BCUT2D eigenvalue weighted by Crippen LogP contribution is 2.45. The van der Waals surface area contributed by atoms with Crippen LogP contribution in [0.2, 0.25) is 0 Å². The average molecular weight is 1050 g/mol. The summed E-state index contributed by atoms with van der Waals surface area (Å²) in [6.07, 6.45) is 20.9. The van der Waals surface area contributed by atoms with Crippen LogP contribution in [0, 0.1) is 0 Å². The molecule has 0 bridgehead atoms. The largest absolute Gasteiger partial charge is 0.472 e. The number of likely N-dealkylation sites (N-methyl/N-ethyl adjacent to an activating group) is 1. The highest BCUT2D eigenvalue weighted by molar-refractivity contribution is 7.47. The zero-order valence-corrected chi connectivity index (χ0v) is 45.6. The van der Waals surface area contributed by atoms with Crippen LogP contribution in [-0.2, 0) is 55.8 Å². The van der Waals surface area contributed by atoms with Gasteiger partial charge in [0.05, 0.1) is 53.6 Å². The van der Waals surface area contributed by atoms with E-state index in [2.05, 4.69) is 13.8 Å². The minimum Gasteiger partial charge on any atom is -0.462 e. The Bertz CT molecular complexity index is 1410. The number of phosphoric acid groups is 2. The molecule has 0 radical (unpaired) electrons. The number of nitrogens with two attached hydrogens (primary N) is 1. The molecular formula is C49H99N2O17P2+. The number of aliphatic hydroxyl groups excluding tert-OH is 3. The highest BCUT2D eigenvalue weighted by atomic mass is 31.2. The summed E-state index contributed by atoms with van der Waals surface area (Å²) in [4.78, 5) is 45.9. The fourth-order valence-corrected chi connectivity index (χ4v) is 9.24. The molecular weight excluding hydrogens is 950 g/mol. The first kappa shape index (κ1) is 66.9. The predicted octanol–water partition coefficient (Wildman–Crippen LogP) is 8.53. The number of carbonyl (C=O) groups is 2. The molecule has 9 atom stereocenters. The third kappa shape index (κ3) is 36.7. The molecule has 21 heteroatoms. The van der Waals surface area contributed by atoms with Gasteiger partial charge in [-0.3, -0.25) is 27.7 Å². The number of rotatable bonds is 47. The highest BCUT2D eigenvalue weighted by Gasteiger charge is 2.45. The van der Waals surface area contributed by atoms with Gasteiger partial charge in [-0.05, 0) is 12.8 Å². The van der Waals surface area contributed by atoms with Crippen molar-refractivity contribution in [3.63, 3.8) is 0 Å². The smallest absolute Gasteiger partial charge is 0.462 e. The summed E-state index contributed by atoms with van der Waals surface area (Å²) in [7, 11) is -3.75. The molecule has 0 amide bonds. The minimum atomic E-state index is -4.89. The Labute approximate surface area is 421 Å². The van der Waals surface area contributed by atoms with Gasteiger partial charge in [-0.2, -0.15) is 0 Å². The Balaban J connectivity index is 2.68. The summed E-state index contributed by atoms with van der Waals surface area (Å²) >= 11 is 0. The maximum Gasteiger partial charge on any atom is 0.472 e. The van der Waals surface area contributed by atoms with Crippen LogP contribution in [0.25, 0.3) is 0 Å². The van der Waals surface area contributed by atoms with Crippen molar-refractivity contribution in [2.45, 2.75) is 236 Å². The maximum absolute atomic E-state index is 13.0. The molecule has 0 saturated carbocycles. The summed E-state index contributed by atoms with van der Waals surface area (Å²) in [5.41, 5.74) is 5.83.